The summed E-state index contributed by atoms with van der Waals surface area (Å²) in [5.74, 6) is 0. The average molecular weight is 313 g/mol. The number of para-hydroxylation sites is 1. The summed E-state index contributed by atoms with van der Waals surface area (Å²) in [4.78, 5) is 2.62. The minimum Gasteiger partial charge on any atom is -0.347 e. The smallest absolute Gasteiger partial charge is 0.0483 e. The Balaban J connectivity index is 1.68. The van der Waals surface area contributed by atoms with Gasteiger partial charge in [-0.05, 0) is 56.9 Å². The number of piperidine rings is 1. The van der Waals surface area contributed by atoms with E-state index < -0.39 is 0 Å². The first-order valence-electron chi connectivity index (χ1n) is 9.37. The molecule has 1 fully saturated rings. The van der Waals surface area contributed by atoms with E-state index in [0.29, 0.717) is 0 Å². The van der Waals surface area contributed by atoms with Crippen LogP contribution in [0, 0.1) is 0 Å². The molecule has 2 N–H and O–H groups in total. The topological polar surface area (TPSA) is 34.2 Å². The van der Waals surface area contributed by atoms with Crippen molar-refractivity contribution in [1.82, 2.24) is 9.47 Å². The van der Waals surface area contributed by atoms with Crippen molar-refractivity contribution in [3.05, 3.63) is 36.0 Å². The van der Waals surface area contributed by atoms with Gasteiger partial charge in [0.2, 0.25) is 0 Å². The van der Waals surface area contributed by atoms with Gasteiger partial charge in [-0.1, -0.05) is 37.5 Å². The Kier molecular flexibility index (Phi) is 6.12. The zero-order valence-corrected chi connectivity index (χ0v) is 14.3. The summed E-state index contributed by atoms with van der Waals surface area (Å²) in [6.07, 6.45) is 11.5. The lowest BCUT2D eigenvalue weighted by molar-refractivity contribution is 0.221. The lowest BCUT2D eigenvalue weighted by Gasteiger charge is -2.26. The quantitative estimate of drug-likeness (QED) is 0.743. The van der Waals surface area contributed by atoms with Gasteiger partial charge < -0.3 is 10.3 Å². The number of hydrogen-bond donors (Lipinski definition) is 1. The average Bonchev–Trinajstić information content (AvgIpc) is 2.94. The summed E-state index contributed by atoms with van der Waals surface area (Å²) in [7, 11) is 0. The lowest BCUT2D eigenvalue weighted by Crippen LogP contribution is -2.28. The molecule has 0 bridgehead atoms. The Morgan fingerprint density at radius 3 is 2.52 bits per heavy atom. The number of fused-ring (bicyclic) bond motifs is 1. The maximum atomic E-state index is 5.58. The third-order valence-electron chi connectivity index (χ3n) is 5.07. The molecule has 2 aromatic rings. The summed E-state index contributed by atoms with van der Waals surface area (Å²) in [5, 5.41) is 1.44. The van der Waals surface area contributed by atoms with Crippen molar-refractivity contribution >= 4 is 10.9 Å². The summed E-state index contributed by atoms with van der Waals surface area (Å²) < 4.78 is 2.47. The second-order valence-corrected chi connectivity index (χ2v) is 6.90. The van der Waals surface area contributed by atoms with E-state index in [0.717, 1.165) is 26.1 Å². The molecular weight excluding hydrogens is 282 g/mol. The van der Waals surface area contributed by atoms with Crippen molar-refractivity contribution < 1.29 is 0 Å². The predicted octanol–water partition coefficient (Wildman–Crippen LogP) is 4.15. The largest absolute Gasteiger partial charge is 0.347 e. The van der Waals surface area contributed by atoms with Crippen LogP contribution < -0.4 is 5.73 Å². The van der Waals surface area contributed by atoms with Crippen molar-refractivity contribution in [2.24, 2.45) is 5.73 Å². The molecule has 0 saturated carbocycles. The molecule has 0 unspecified atom stereocenters. The van der Waals surface area contributed by atoms with E-state index in [2.05, 4.69) is 39.9 Å². The minimum atomic E-state index is 0.826. The fourth-order valence-electron chi connectivity index (χ4n) is 3.77. The molecule has 126 valence electrons. The highest BCUT2D eigenvalue weighted by Gasteiger charge is 2.14. The third kappa shape index (κ3) is 4.36. The second kappa shape index (κ2) is 8.51. The van der Waals surface area contributed by atoms with Gasteiger partial charge in [-0.2, -0.15) is 0 Å². The van der Waals surface area contributed by atoms with E-state index in [4.69, 9.17) is 5.73 Å². The number of rotatable bonds is 8. The third-order valence-corrected chi connectivity index (χ3v) is 5.07. The lowest BCUT2D eigenvalue weighted by atomic mass is 10.1. The summed E-state index contributed by atoms with van der Waals surface area (Å²) in [5.41, 5.74) is 8.48. The van der Waals surface area contributed by atoms with Gasteiger partial charge in [0.25, 0.3) is 0 Å². The Morgan fingerprint density at radius 1 is 0.913 bits per heavy atom. The molecular formula is C20H31N3. The number of aromatic nitrogens is 1. The molecule has 0 atom stereocenters. The van der Waals surface area contributed by atoms with Gasteiger partial charge in [0, 0.05) is 30.2 Å². The maximum Gasteiger partial charge on any atom is 0.0483 e. The van der Waals surface area contributed by atoms with E-state index in [9.17, 15) is 0 Å². The number of benzene rings is 1. The van der Waals surface area contributed by atoms with Crippen LogP contribution in [0.5, 0.6) is 0 Å². The SMILES string of the molecule is NCCCCCCn1cc(CN2CCCCC2)c2ccccc21. The number of nitrogens with two attached hydrogens (primary N) is 1. The molecule has 3 rings (SSSR count). The van der Waals surface area contributed by atoms with Crippen LogP contribution in [0.25, 0.3) is 10.9 Å². The highest BCUT2D eigenvalue weighted by Crippen LogP contribution is 2.24. The Morgan fingerprint density at radius 2 is 1.70 bits per heavy atom. The molecule has 2 heterocycles. The molecule has 1 aliphatic rings. The first-order chi connectivity index (χ1) is 11.4. The summed E-state index contributed by atoms with van der Waals surface area (Å²) in [6.45, 7) is 5.59. The number of likely N-dealkylation sites (tertiary alicyclic amines) is 1. The van der Waals surface area contributed by atoms with Gasteiger partial charge in [-0.25, -0.2) is 0 Å². The van der Waals surface area contributed by atoms with Crippen molar-refractivity contribution in [1.29, 1.82) is 0 Å². The minimum absolute atomic E-state index is 0.826. The van der Waals surface area contributed by atoms with Crippen LogP contribution in [-0.4, -0.2) is 29.1 Å². The standard InChI is InChI=1S/C20H31N3/c21-12-6-1-2-9-15-23-17-18(16-22-13-7-3-8-14-22)19-10-4-5-11-20(19)23/h4-5,10-11,17H,1-3,6-9,12-16,21H2. The van der Waals surface area contributed by atoms with Crippen LogP contribution in [0.3, 0.4) is 0 Å². The van der Waals surface area contributed by atoms with Crippen LogP contribution in [-0.2, 0) is 13.1 Å². The molecule has 1 saturated heterocycles. The predicted molar refractivity (Wildman–Crippen MR) is 98.6 cm³/mol. The van der Waals surface area contributed by atoms with E-state index in [1.165, 1.54) is 68.1 Å². The molecule has 1 aliphatic heterocycles. The van der Waals surface area contributed by atoms with Gasteiger partial charge in [-0.15, -0.1) is 0 Å². The van der Waals surface area contributed by atoms with Gasteiger partial charge in [0.15, 0.2) is 0 Å². The number of hydrogen-bond acceptors (Lipinski definition) is 2. The number of unbranched alkanes of at least 4 members (excludes halogenated alkanes) is 3. The molecule has 0 radical (unpaired) electrons. The fraction of sp³-hybridized carbons (Fsp3) is 0.600. The van der Waals surface area contributed by atoms with Crippen molar-refractivity contribution in [3.63, 3.8) is 0 Å². The van der Waals surface area contributed by atoms with Crippen molar-refractivity contribution in [2.45, 2.75) is 58.0 Å². The summed E-state index contributed by atoms with van der Waals surface area (Å²) in [6, 6.07) is 8.90. The highest BCUT2D eigenvalue weighted by atomic mass is 15.1. The summed E-state index contributed by atoms with van der Waals surface area (Å²) >= 11 is 0. The monoisotopic (exact) mass is 313 g/mol. The molecule has 23 heavy (non-hydrogen) atoms. The van der Waals surface area contributed by atoms with Gasteiger partial charge in [0.05, 0.1) is 0 Å². The van der Waals surface area contributed by atoms with Crippen LogP contribution >= 0.6 is 0 Å². The first-order valence-corrected chi connectivity index (χ1v) is 9.37. The zero-order valence-electron chi connectivity index (χ0n) is 14.3. The van der Waals surface area contributed by atoms with Crippen LogP contribution in [0.4, 0.5) is 0 Å². The zero-order chi connectivity index (χ0) is 15.9. The molecule has 0 spiro atoms. The van der Waals surface area contributed by atoms with E-state index in [1.54, 1.807) is 0 Å². The van der Waals surface area contributed by atoms with Crippen LogP contribution in [0.2, 0.25) is 0 Å². The Hall–Kier alpha value is -1.32. The van der Waals surface area contributed by atoms with Gasteiger partial charge in [0.1, 0.15) is 0 Å². The highest BCUT2D eigenvalue weighted by molar-refractivity contribution is 5.83. The molecule has 3 heteroatoms. The normalized spacial score (nSPS) is 16.2. The van der Waals surface area contributed by atoms with E-state index in [-0.39, 0.29) is 0 Å². The fourth-order valence-corrected chi connectivity index (χ4v) is 3.77. The van der Waals surface area contributed by atoms with E-state index in [1.807, 2.05) is 0 Å². The first kappa shape index (κ1) is 16.5. The van der Waals surface area contributed by atoms with Crippen molar-refractivity contribution in [2.75, 3.05) is 19.6 Å². The maximum absolute atomic E-state index is 5.58. The second-order valence-electron chi connectivity index (χ2n) is 6.90. The van der Waals surface area contributed by atoms with E-state index >= 15 is 0 Å². The Labute approximate surface area is 140 Å². The molecule has 0 amide bonds. The number of nitrogens with zero attached hydrogens (tertiary/aromatic N) is 2. The van der Waals surface area contributed by atoms with Gasteiger partial charge >= 0.3 is 0 Å². The van der Waals surface area contributed by atoms with Crippen molar-refractivity contribution in [3.8, 4) is 0 Å². The molecule has 1 aromatic heterocycles. The molecule has 3 nitrogen and oxygen atoms in total. The van der Waals surface area contributed by atoms with Gasteiger partial charge in [-0.3, -0.25) is 4.90 Å². The Bertz CT molecular complexity index is 596. The van der Waals surface area contributed by atoms with Crippen LogP contribution in [0.1, 0.15) is 50.5 Å². The number of aryl methyl sites for hydroxylation is 1. The van der Waals surface area contributed by atoms with Crippen LogP contribution in [0.15, 0.2) is 30.5 Å². The molecule has 1 aromatic carbocycles. The molecule has 0 aliphatic carbocycles.